The molecule has 2 aliphatic rings. The van der Waals surface area contributed by atoms with E-state index in [2.05, 4.69) is 33.3 Å². The molecule has 3 rings (SSSR count). The van der Waals surface area contributed by atoms with Crippen LogP contribution in [0.2, 0.25) is 0 Å². The number of amides is 2. The summed E-state index contributed by atoms with van der Waals surface area (Å²) in [5.74, 6) is 0.841. The summed E-state index contributed by atoms with van der Waals surface area (Å²) in [6.07, 6.45) is 8.05. The number of nitrogens with zero attached hydrogens (tertiary/aromatic N) is 2. The van der Waals surface area contributed by atoms with Crippen LogP contribution < -0.4 is 16.0 Å². The van der Waals surface area contributed by atoms with Gasteiger partial charge >= 0.3 is 6.03 Å². The highest BCUT2D eigenvalue weighted by molar-refractivity contribution is 7.99. The van der Waals surface area contributed by atoms with Crippen LogP contribution in [-0.2, 0) is 6.54 Å². The minimum absolute atomic E-state index is 0.000308. The predicted molar refractivity (Wildman–Crippen MR) is 115 cm³/mol. The maximum Gasteiger partial charge on any atom is 0.321 e. The molecule has 0 aromatic heterocycles. The summed E-state index contributed by atoms with van der Waals surface area (Å²) >= 11 is 1.96. The molecular formula is C20H31N5OS. The van der Waals surface area contributed by atoms with E-state index in [1.165, 1.54) is 19.3 Å². The van der Waals surface area contributed by atoms with E-state index in [0.717, 1.165) is 48.4 Å². The number of anilines is 1. The van der Waals surface area contributed by atoms with Gasteiger partial charge in [-0.2, -0.15) is 11.8 Å². The molecule has 1 aromatic rings. The van der Waals surface area contributed by atoms with Crippen molar-refractivity contribution in [3.63, 3.8) is 0 Å². The molecule has 1 heterocycles. The highest BCUT2D eigenvalue weighted by Gasteiger charge is 2.24. The summed E-state index contributed by atoms with van der Waals surface area (Å²) in [4.78, 5) is 18.5. The summed E-state index contributed by atoms with van der Waals surface area (Å²) in [5, 5.41) is 10.7. The number of nitrogens with one attached hydrogen (secondary N) is 3. The molecular weight excluding hydrogens is 358 g/mol. The average molecular weight is 390 g/mol. The molecule has 7 heteroatoms. The smallest absolute Gasteiger partial charge is 0.321 e. The molecule has 1 aromatic carbocycles. The number of likely N-dealkylation sites (tertiary alicyclic amines) is 1. The number of carbonyl (C=O) groups is 1. The first kappa shape index (κ1) is 19.9. The minimum atomic E-state index is -0.000308. The van der Waals surface area contributed by atoms with E-state index < -0.39 is 0 Å². The molecule has 27 heavy (non-hydrogen) atoms. The van der Waals surface area contributed by atoms with Crippen LogP contribution in [0.3, 0.4) is 0 Å². The molecule has 148 valence electrons. The fourth-order valence-corrected chi connectivity index (χ4v) is 4.54. The van der Waals surface area contributed by atoms with Crippen molar-refractivity contribution < 1.29 is 4.79 Å². The Morgan fingerprint density at radius 1 is 1.30 bits per heavy atom. The van der Waals surface area contributed by atoms with Crippen LogP contribution in [0.1, 0.15) is 37.7 Å². The Morgan fingerprint density at radius 3 is 2.81 bits per heavy atom. The van der Waals surface area contributed by atoms with Gasteiger partial charge < -0.3 is 20.9 Å². The third-order valence-corrected chi connectivity index (χ3v) is 6.41. The zero-order chi connectivity index (χ0) is 19.1. The Bertz CT molecular complexity index is 660. The molecule has 2 fully saturated rings. The molecule has 1 saturated carbocycles. The number of rotatable bonds is 5. The van der Waals surface area contributed by atoms with Crippen molar-refractivity contribution in [2.45, 2.75) is 49.9 Å². The van der Waals surface area contributed by atoms with E-state index in [0.29, 0.717) is 12.6 Å². The topological polar surface area (TPSA) is 68.8 Å². The SMILES string of the molecule is CN=C(NCc1cccc(NC(=O)N2CCCC2)c1)NC1CCC(SC)C1. The van der Waals surface area contributed by atoms with Crippen LogP contribution in [0.15, 0.2) is 29.3 Å². The van der Waals surface area contributed by atoms with Gasteiger partial charge in [-0.1, -0.05) is 12.1 Å². The standard InChI is InChI=1S/C20H31N5OS/c1-21-19(23-17-8-9-18(13-17)27-2)22-14-15-6-5-7-16(12-15)24-20(26)25-10-3-4-11-25/h5-7,12,17-18H,3-4,8-11,13-14H2,1-2H3,(H,24,26)(H2,21,22,23). The normalized spacial score (nSPS) is 22.7. The molecule has 0 radical (unpaired) electrons. The third-order valence-electron chi connectivity index (χ3n) is 5.31. The lowest BCUT2D eigenvalue weighted by Crippen LogP contribution is -2.42. The Labute approximate surface area is 166 Å². The fraction of sp³-hybridized carbons (Fsp3) is 0.600. The lowest BCUT2D eigenvalue weighted by molar-refractivity contribution is 0.222. The van der Waals surface area contributed by atoms with Crippen LogP contribution in [0, 0.1) is 0 Å². The third kappa shape index (κ3) is 5.79. The quantitative estimate of drug-likeness (QED) is 0.534. The number of hydrogen-bond donors (Lipinski definition) is 3. The molecule has 2 atom stereocenters. The summed E-state index contributed by atoms with van der Waals surface area (Å²) in [6.45, 7) is 2.38. The van der Waals surface area contributed by atoms with Crippen LogP contribution in [-0.4, -0.2) is 54.6 Å². The molecule has 1 aliphatic carbocycles. The summed E-state index contributed by atoms with van der Waals surface area (Å²) in [7, 11) is 1.81. The van der Waals surface area contributed by atoms with Gasteiger partial charge in [0.15, 0.2) is 5.96 Å². The summed E-state index contributed by atoms with van der Waals surface area (Å²) < 4.78 is 0. The van der Waals surface area contributed by atoms with Crippen molar-refractivity contribution in [2.75, 3.05) is 31.7 Å². The number of hydrogen-bond acceptors (Lipinski definition) is 3. The van der Waals surface area contributed by atoms with Gasteiger partial charge in [0.05, 0.1) is 0 Å². The minimum Gasteiger partial charge on any atom is -0.354 e. The largest absolute Gasteiger partial charge is 0.354 e. The monoisotopic (exact) mass is 389 g/mol. The number of carbonyl (C=O) groups excluding carboxylic acids is 1. The van der Waals surface area contributed by atoms with Crippen molar-refractivity contribution >= 4 is 29.4 Å². The molecule has 1 aliphatic heterocycles. The molecule has 1 saturated heterocycles. The Kier molecular flexibility index (Phi) is 7.26. The van der Waals surface area contributed by atoms with Gasteiger partial charge in [0, 0.05) is 43.7 Å². The molecule has 6 nitrogen and oxygen atoms in total. The number of thioether (sulfide) groups is 1. The van der Waals surface area contributed by atoms with E-state index in [-0.39, 0.29) is 6.03 Å². The first-order valence-corrected chi connectivity index (χ1v) is 11.1. The number of guanidine groups is 1. The van der Waals surface area contributed by atoms with E-state index in [9.17, 15) is 4.79 Å². The van der Waals surface area contributed by atoms with Crippen molar-refractivity contribution in [3.8, 4) is 0 Å². The van der Waals surface area contributed by atoms with Gasteiger partial charge in [-0.05, 0) is 56.1 Å². The molecule has 0 spiro atoms. The number of aliphatic imine (C=N–C) groups is 1. The maximum absolute atomic E-state index is 12.3. The van der Waals surface area contributed by atoms with Crippen LogP contribution in [0.4, 0.5) is 10.5 Å². The van der Waals surface area contributed by atoms with Gasteiger partial charge in [0.2, 0.25) is 0 Å². The van der Waals surface area contributed by atoms with Gasteiger partial charge in [-0.3, -0.25) is 4.99 Å². The van der Waals surface area contributed by atoms with Crippen molar-refractivity contribution in [2.24, 2.45) is 4.99 Å². The van der Waals surface area contributed by atoms with E-state index in [4.69, 9.17) is 0 Å². The van der Waals surface area contributed by atoms with Crippen LogP contribution in [0.5, 0.6) is 0 Å². The number of benzene rings is 1. The lowest BCUT2D eigenvalue weighted by Gasteiger charge is -2.18. The predicted octanol–water partition coefficient (Wildman–Crippen LogP) is 3.26. The van der Waals surface area contributed by atoms with E-state index >= 15 is 0 Å². The van der Waals surface area contributed by atoms with Crippen molar-refractivity contribution in [1.82, 2.24) is 15.5 Å². The fourth-order valence-electron chi connectivity index (χ4n) is 3.74. The van der Waals surface area contributed by atoms with Crippen molar-refractivity contribution in [3.05, 3.63) is 29.8 Å². The molecule has 3 N–H and O–H groups in total. The highest BCUT2D eigenvalue weighted by Crippen LogP contribution is 2.28. The first-order valence-electron chi connectivity index (χ1n) is 9.83. The average Bonchev–Trinajstić information content (AvgIpc) is 3.37. The van der Waals surface area contributed by atoms with Gasteiger partial charge in [-0.25, -0.2) is 4.79 Å². The van der Waals surface area contributed by atoms with Crippen LogP contribution >= 0.6 is 11.8 Å². The second-order valence-corrected chi connectivity index (χ2v) is 8.40. The zero-order valence-electron chi connectivity index (χ0n) is 16.3. The molecule has 0 bridgehead atoms. The van der Waals surface area contributed by atoms with Gasteiger partial charge in [-0.15, -0.1) is 0 Å². The highest BCUT2D eigenvalue weighted by atomic mass is 32.2. The zero-order valence-corrected chi connectivity index (χ0v) is 17.1. The van der Waals surface area contributed by atoms with E-state index in [1.54, 1.807) is 0 Å². The summed E-state index contributed by atoms with van der Waals surface area (Å²) in [6, 6.07) is 8.50. The Morgan fingerprint density at radius 2 is 2.11 bits per heavy atom. The molecule has 2 unspecified atom stereocenters. The second kappa shape index (κ2) is 9.88. The first-order chi connectivity index (χ1) is 13.2. The van der Waals surface area contributed by atoms with Gasteiger partial charge in [0.25, 0.3) is 0 Å². The van der Waals surface area contributed by atoms with Crippen molar-refractivity contribution in [1.29, 1.82) is 0 Å². The molecule has 2 amide bonds. The Hall–Kier alpha value is -1.89. The maximum atomic E-state index is 12.3. The lowest BCUT2D eigenvalue weighted by atomic mass is 10.2. The second-order valence-electron chi connectivity index (χ2n) is 7.26. The summed E-state index contributed by atoms with van der Waals surface area (Å²) in [5.41, 5.74) is 1.96. The van der Waals surface area contributed by atoms with Crippen LogP contribution in [0.25, 0.3) is 0 Å². The van der Waals surface area contributed by atoms with E-state index in [1.807, 2.05) is 41.9 Å². The number of urea groups is 1. The Balaban J connectivity index is 1.49. The van der Waals surface area contributed by atoms with Gasteiger partial charge in [0.1, 0.15) is 0 Å².